The summed E-state index contributed by atoms with van der Waals surface area (Å²) in [4.78, 5) is 23.0. The average Bonchev–Trinajstić information content (AvgIpc) is 2.50. The number of carboxylic acid groups (broad SMARTS) is 1. The maximum Gasteiger partial charge on any atom is 0.327 e. The molecule has 1 rings (SSSR count). The molecule has 1 aliphatic heterocycles. The summed E-state index contributed by atoms with van der Waals surface area (Å²) in [6.45, 7) is 0. The minimum atomic E-state index is -0.941. The average molecular weight is 190 g/mol. The van der Waals surface area contributed by atoms with Gasteiger partial charge in [0, 0.05) is 12.8 Å². The van der Waals surface area contributed by atoms with Crippen LogP contribution in [0.4, 0.5) is 4.79 Å². The standard InChI is InChI=1S/C6H10N2O3S/c1-7-6(11)8-3-12-2-4(8)5(9)10/h4H,2-3H2,1H3,(H,7,11)(H,9,10). The summed E-state index contributed by atoms with van der Waals surface area (Å²) < 4.78 is 0. The summed E-state index contributed by atoms with van der Waals surface area (Å²) in [6.07, 6.45) is 0. The van der Waals surface area contributed by atoms with E-state index in [2.05, 4.69) is 5.32 Å². The Labute approximate surface area is 74.1 Å². The van der Waals surface area contributed by atoms with E-state index in [1.807, 2.05) is 0 Å². The number of nitrogens with zero attached hydrogens (tertiary/aromatic N) is 1. The van der Waals surface area contributed by atoms with Crippen molar-refractivity contribution in [1.82, 2.24) is 10.2 Å². The van der Waals surface area contributed by atoms with Gasteiger partial charge in [-0.3, -0.25) is 0 Å². The lowest BCUT2D eigenvalue weighted by molar-refractivity contribution is -0.140. The summed E-state index contributed by atoms with van der Waals surface area (Å²) in [7, 11) is 1.49. The smallest absolute Gasteiger partial charge is 0.327 e. The molecule has 2 N–H and O–H groups in total. The summed E-state index contributed by atoms with van der Waals surface area (Å²) >= 11 is 1.45. The molecule has 2 amide bonds. The topological polar surface area (TPSA) is 69.6 Å². The van der Waals surface area contributed by atoms with Gasteiger partial charge in [-0.2, -0.15) is 0 Å². The van der Waals surface area contributed by atoms with E-state index in [0.717, 1.165) is 0 Å². The van der Waals surface area contributed by atoms with Crippen LogP contribution in [0.25, 0.3) is 0 Å². The second-order valence-corrected chi connectivity index (χ2v) is 3.38. The third-order valence-corrected chi connectivity index (χ3v) is 2.65. The first-order valence-electron chi connectivity index (χ1n) is 3.45. The highest BCUT2D eigenvalue weighted by molar-refractivity contribution is 7.99. The van der Waals surface area contributed by atoms with E-state index in [0.29, 0.717) is 11.6 Å². The van der Waals surface area contributed by atoms with Crippen molar-refractivity contribution in [3.63, 3.8) is 0 Å². The van der Waals surface area contributed by atoms with Crippen molar-refractivity contribution in [1.29, 1.82) is 0 Å². The van der Waals surface area contributed by atoms with Crippen molar-refractivity contribution in [2.45, 2.75) is 6.04 Å². The van der Waals surface area contributed by atoms with Crippen molar-refractivity contribution in [2.75, 3.05) is 18.7 Å². The van der Waals surface area contributed by atoms with Crippen LogP contribution in [0.15, 0.2) is 0 Å². The Morgan fingerprint density at radius 2 is 2.33 bits per heavy atom. The Morgan fingerprint density at radius 1 is 1.67 bits per heavy atom. The van der Waals surface area contributed by atoms with Crippen LogP contribution >= 0.6 is 11.8 Å². The molecule has 0 spiro atoms. The molecule has 0 bridgehead atoms. The molecule has 0 aromatic carbocycles. The molecule has 1 unspecified atom stereocenters. The number of carbonyl (C=O) groups is 2. The van der Waals surface area contributed by atoms with Crippen LogP contribution < -0.4 is 5.32 Å². The molecule has 12 heavy (non-hydrogen) atoms. The molecule has 6 heteroatoms. The molecule has 1 aliphatic rings. The number of rotatable bonds is 1. The molecule has 1 fully saturated rings. The highest BCUT2D eigenvalue weighted by atomic mass is 32.2. The van der Waals surface area contributed by atoms with E-state index in [4.69, 9.17) is 5.11 Å². The van der Waals surface area contributed by atoms with Crippen molar-refractivity contribution in [3.8, 4) is 0 Å². The van der Waals surface area contributed by atoms with Gasteiger partial charge in [0.1, 0.15) is 6.04 Å². The minimum Gasteiger partial charge on any atom is -0.480 e. The lowest BCUT2D eigenvalue weighted by Gasteiger charge is -2.19. The fourth-order valence-electron chi connectivity index (χ4n) is 0.991. The molecule has 68 valence electrons. The van der Waals surface area contributed by atoms with E-state index < -0.39 is 12.0 Å². The van der Waals surface area contributed by atoms with Crippen molar-refractivity contribution in [2.24, 2.45) is 0 Å². The summed E-state index contributed by atoms with van der Waals surface area (Å²) in [5.74, 6) is -0.0112. The number of thioether (sulfide) groups is 1. The van der Waals surface area contributed by atoms with Crippen molar-refractivity contribution < 1.29 is 14.7 Å². The Balaban J connectivity index is 2.63. The molecular weight excluding hydrogens is 180 g/mol. The van der Waals surface area contributed by atoms with Gasteiger partial charge in [0.15, 0.2) is 0 Å². The third kappa shape index (κ3) is 1.63. The Morgan fingerprint density at radius 3 is 2.83 bits per heavy atom. The zero-order valence-corrected chi connectivity index (χ0v) is 7.43. The Hall–Kier alpha value is -0.910. The van der Waals surface area contributed by atoms with Crippen molar-refractivity contribution in [3.05, 3.63) is 0 Å². The fourth-order valence-corrected chi connectivity index (χ4v) is 2.14. The summed E-state index contributed by atoms with van der Waals surface area (Å²) in [6, 6.07) is -0.998. The van der Waals surface area contributed by atoms with E-state index >= 15 is 0 Å². The van der Waals surface area contributed by atoms with Gasteiger partial charge in [-0.1, -0.05) is 0 Å². The maximum atomic E-state index is 11.1. The van der Waals surface area contributed by atoms with E-state index in [1.54, 1.807) is 0 Å². The number of nitrogens with one attached hydrogen (secondary N) is 1. The molecule has 5 nitrogen and oxygen atoms in total. The fraction of sp³-hybridized carbons (Fsp3) is 0.667. The van der Waals surface area contributed by atoms with Gasteiger partial charge in [0.05, 0.1) is 5.88 Å². The molecule has 0 aliphatic carbocycles. The minimum absolute atomic E-state index is 0.326. The van der Waals surface area contributed by atoms with E-state index in [-0.39, 0.29) is 6.03 Å². The SMILES string of the molecule is CNC(=O)N1CSCC1C(=O)O. The second kappa shape index (κ2) is 3.66. The zero-order chi connectivity index (χ0) is 9.14. The van der Waals surface area contributed by atoms with Gasteiger partial charge in [-0.05, 0) is 0 Å². The van der Waals surface area contributed by atoms with Gasteiger partial charge < -0.3 is 15.3 Å². The van der Waals surface area contributed by atoms with E-state index in [9.17, 15) is 9.59 Å². The summed E-state index contributed by atoms with van der Waals surface area (Å²) in [5, 5.41) is 11.1. The highest BCUT2D eigenvalue weighted by Gasteiger charge is 2.33. The summed E-state index contributed by atoms with van der Waals surface area (Å²) in [5.41, 5.74) is 0. The Kier molecular flexibility index (Phi) is 2.80. The number of amides is 2. The van der Waals surface area contributed by atoms with Gasteiger partial charge in [0.25, 0.3) is 0 Å². The molecule has 0 aromatic rings. The first-order valence-corrected chi connectivity index (χ1v) is 4.61. The number of aliphatic carboxylic acids is 1. The zero-order valence-electron chi connectivity index (χ0n) is 6.61. The van der Waals surface area contributed by atoms with E-state index in [1.165, 1.54) is 23.7 Å². The van der Waals surface area contributed by atoms with Crippen LogP contribution in [0.2, 0.25) is 0 Å². The van der Waals surface area contributed by atoms with Crippen molar-refractivity contribution >= 4 is 23.8 Å². The molecule has 0 saturated carbocycles. The monoisotopic (exact) mass is 190 g/mol. The predicted molar refractivity (Wildman–Crippen MR) is 45.0 cm³/mol. The number of carboxylic acids is 1. The molecular formula is C6H10N2O3S. The molecule has 1 heterocycles. The van der Waals surface area contributed by atoms with Gasteiger partial charge in [-0.15, -0.1) is 11.8 Å². The normalized spacial score (nSPS) is 22.4. The van der Waals surface area contributed by atoms with Crippen LogP contribution in [0, 0.1) is 0 Å². The first-order chi connectivity index (χ1) is 5.66. The number of urea groups is 1. The molecule has 1 saturated heterocycles. The lowest BCUT2D eigenvalue weighted by Crippen LogP contribution is -2.45. The lowest BCUT2D eigenvalue weighted by atomic mass is 10.3. The van der Waals surface area contributed by atoms with Crippen LogP contribution in [-0.2, 0) is 4.79 Å². The van der Waals surface area contributed by atoms with Gasteiger partial charge in [-0.25, -0.2) is 9.59 Å². The number of hydrogen-bond acceptors (Lipinski definition) is 3. The van der Waals surface area contributed by atoms with Crippen LogP contribution in [0.3, 0.4) is 0 Å². The highest BCUT2D eigenvalue weighted by Crippen LogP contribution is 2.20. The largest absolute Gasteiger partial charge is 0.480 e. The predicted octanol–water partition coefficient (Wildman–Crippen LogP) is -0.215. The van der Waals surface area contributed by atoms with Crippen LogP contribution in [0.5, 0.6) is 0 Å². The Bertz CT molecular complexity index is 209. The first kappa shape index (κ1) is 9.18. The maximum absolute atomic E-state index is 11.1. The molecule has 1 atom stereocenters. The molecule has 0 aromatic heterocycles. The van der Waals surface area contributed by atoms with Crippen LogP contribution in [-0.4, -0.2) is 46.7 Å². The third-order valence-electron chi connectivity index (χ3n) is 1.64. The quantitative estimate of drug-likeness (QED) is 0.600. The number of carbonyl (C=O) groups excluding carboxylic acids is 1. The molecule has 0 radical (unpaired) electrons. The van der Waals surface area contributed by atoms with Gasteiger partial charge in [0.2, 0.25) is 0 Å². The number of hydrogen-bond donors (Lipinski definition) is 2. The van der Waals surface area contributed by atoms with Crippen LogP contribution in [0.1, 0.15) is 0 Å². The second-order valence-electron chi connectivity index (χ2n) is 2.38. The van der Waals surface area contributed by atoms with Gasteiger partial charge >= 0.3 is 12.0 Å².